The Balaban J connectivity index is 4.48. The highest BCUT2D eigenvalue weighted by atomic mass is 16.6. The van der Waals surface area contributed by atoms with E-state index in [0.29, 0.717) is 32.1 Å². The van der Waals surface area contributed by atoms with Crippen LogP contribution < -0.4 is 0 Å². The summed E-state index contributed by atoms with van der Waals surface area (Å²) in [6, 6.07) is 0. The quantitative estimate of drug-likeness (QED) is 0.0261. The number of ether oxygens (including phenoxy) is 3. The summed E-state index contributed by atoms with van der Waals surface area (Å²) in [7, 11) is 0. The van der Waals surface area contributed by atoms with E-state index in [1.165, 1.54) is 109 Å². The Hall–Kier alpha value is -4.71. The lowest BCUT2D eigenvalue weighted by molar-refractivity contribution is -0.167. The molecule has 0 aromatic rings. The summed E-state index contributed by atoms with van der Waals surface area (Å²) in [5.74, 6) is -0.994. The fourth-order valence-corrected chi connectivity index (χ4v) is 8.74. The maximum Gasteiger partial charge on any atom is 0.306 e. The van der Waals surface area contributed by atoms with Crippen molar-refractivity contribution in [3.63, 3.8) is 0 Å². The molecule has 0 saturated heterocycles. The van der Waals surface area contributed by atoms with Crippen LogP contribution in [-0.4, -0.2) is 37.2 Å². The van der Waals surface area contributed by atoms with Crippen LogP contribution in [0.3, 0.4) is 0 Å². The van der Waals surface area contributed by atoms with E-state index in [1.807, 2.05) is 0 Å². The van der Waals surface area contributed by atoms with E-state index in [4.69, 9.17) is 14.2 Å². The molecule has 0 amide bonds. The first-order valence-electron chi connectivity index (χ1n) is 32.8. The molecule has 0 radical (unpaired) electrons. The lowest BCUT2D eigenvalue weighted by atomic mass is 10.0. The Kier molecular flexibility index (Phi) is 62.9. The molecular weight excluding hydrogens is 985 g/mol. The molecule has 6 heteroatoms. The van der Waals surface area contributed by atoms with E-state index in [1.54, 1.807) is 0 Å². The molecule has 80 heavy (non-hydrogen) atoms. The van der Waals surface area contributed by atoms with Crippen LogP contribution in [0.2, 0.25) is 0 Å². The molecule has 6 nitrogen and oxygen atoms in total. The van der Waals surface area contributed by atoms with Gasteiger partial charge in [0.2, 0.25) is 0 Å². The first-order chi connectivity index (χ1) is 39.5. The van der Waals surface area contributed by atoms with Gasteiger partial charge in [-0.15, -0.1) is 0 Å². The van der Waals surface area contributed by atoms with Crippen LogP contribution in [0, 0.1) is 0 Å². The molecule has 0 aromatic carbocycles. The monoisotopic (exact) mass is 1100 g/mol. The van der Waals surface area contributed by atoms with Gasteiger partial charge in [-0.05, 0) is 122 Å². The summed E-state index contributed by atoms with van der Waals surface area (Å²) >= 11 is 0. The van der Waals surface area contributed by atoms with Gasteiger partial charge in [-0.1, -0.05) is 289 Å². The standard InChI is InChI=1S/C74H120O6/c1-4-7-10-13-16-19-22-25-28-30-32-34-35-36-37-38-39-40-42-43-46-49-52-55-58-61-64-67-73(76)79-70-71(69-78-72(75)66-63-60-57-54-51-48-45-27-24-21-18-15-12-9-6-3)80-74(77)68-65-62-59-56-53-50-47-44-41-33-31-29-26-23-20-17-14-11-8-5-2/h7,9-10,12,16,18-19,21,25,27-28,32,34,36-37,39-40,43,45-46,51-52,54-55,71H,4-6,8,11,13-15,17,20,22-24,26,29-31,33,35,38,41-42,44,47-50,53,56-70H2,1-3H3/b10-7-,12-9-,19-16-,21-18-,28-25-,34-32-,37-36-,40-39-,45-27-,46-43-,54-51-,55-52-. The van der Waals surface area contributed by atoms with Gasteiger partial charge < -0.3 is 14.2 Å². The molecule has 0 aliphatic heterocycles. The van der Waals surface area contributed by atoms with Crippen LogP contribution in [0.4, 0.5) is 0 Å². The average molecular weight is 1110 g/mol. The Morgan fingerprint density at radius 3 is 0.762 bits per heavy atom. The fraction of sp³-hybridized carbons (Fsp3) is 0.635. The number of hydrogen-bond acceptors (Lipinski definition) is 6. The van der Waals surface area contributed by atoms with E-state index in [0.717, 1.165) is 122 Å². The number of carbonyl (C=O) groups is 3. The minimum absolute atomic E-state index is 0.116. The van der Waals surface area contributed by atoms with Gasteiger partial charge in [0.1, 0.15) is 13.2 Å². The molecule has 0 N–H and O–H groups in total. The first-order valence-corrected chi connectivity index (χ1v) is 32.8. The van der Waals surface area contributed by atoms with Gasteiger partial charge in [-0.2, -0.15) is 0 Å². The third kappa shape index (κ3) is 64.1. The van der Waals surface area contributed by atoms with Crippen LogP contribution >= 0.6 is 0 Å². The maximum atomic E-state index is 12.9. The van der Waals surface area contributed by atoms with Crippen LogP contribution in [0.15, 0.2) is 146 Å². The van der Waals surface area contributed by atoms with Crippen molar-refractivity contribution < 1.29 is 28.6 Å². The molecule has 1 unspecified atom stereocenters. The lowest BCUT2D eigenvalue weighted by Gasteiger charge is -2.18. The van der Waals surface area contributed by atoms with Crippen molar-refractivity contribution >= 4 is 17.9 Å². The summed E-state index contributed by atoms with van der Waals surface area (Å²) in [5.41, 5.74) is 0. The number of esters is 3. The topological polar surface area (TPSA) is 78.9 Å². The number of unbranched alkanes of at least 4 members (excludes halogenated alkanes) is 23. The van der Waals surface area contributed by atoms with Crippen molar-refractivity contribution in [2.75, 3.05) is 13.2 Å². The third-order valence-electron chi connectivity index (χ3n) is 13.6. The summed E-state index contributed by atoms with van der Waals surface area (Å²) in [6.07, 6.45) is 95.8. The zero-order valence-electron chi connectivity index (χ0n) is 51.8. The van der Waals surface area contributed by atoms with Crippen molar-refractivity contribution in [2.45, 2.75) is 290 Å². The smallest absolute Gasteiger partial charge is 0.306 e. The lowest BCUT2D eigenvalue weighted by Crippen LogP contribution is -2.30. The van der Waals surface area contributed by atoms with Gasteiger partial charge in [0.25, 0.3) is 0 Å². The second-order valence-corrected chi connectivity index (χ2v) is 21.3. The molecule has 0 saturated carbocycles. The molecule has 0 aliphatic rings. The highest BCUT2D eigenvalue weighted by Gasteiger charge is 2.19. The zero-order chi connectivity index (χ0) is 57.8. The highest BCUT2D eigenvalue weighted by Crippen LogP contribution is 2.16. The Bertz CT molecular complexity index is 1750. The average Bonchev–Trinajstić information content (AvgIpc) is 3.46. The number of carbonyl (C=O) groups excluding carboxylic acids is 3. The van der Waals surface area contributed by atoms with Gasteiger partial charge >= 0.3 is 17.9 Å². The molecule has 0 rings (SSSR count). The Morgan fingerprint density at radius 2 is 0.487 bits per heavy atom. The van der Waals surface area contributed by atoms with Crippen LogP contribution in [0.1, 0.15) is 284 Å². The number of rotatable bonds is 58. The summed E-state index contributed by atoms with van der Waals surface area (Å²) in [5, 5.41) is 0. The molecule has 0 bridgehead atoms. The molecule has 0 heterocycles. The predicted octanol–water partition coefficient (Wildman–Crippen LogP) is 22.7. The molecule has 452 valence electrons. The van der Waals surface area contributed by atoms with Gasteiger partial charge in [0.05, 0.1) is 0 Å². The molecule has 1 atom stereocenters. The highest BCUT2D eigenvalue weighted by molar-refractivity contribution is 5.71. The largest absolute Gasteiger partial charge is 0.462 e. The van der Waals surface area contributed by atoms with Crippen molar-refractivity contribution in [1.29, 1.82) is 0 Å². The van der Waals surface area contributed by atoms with Gasteiger partial charge in [0.15, 0.2) is 6.10 Å². The van der Waals surface area contributed by atoms with Gasteiger partial charge in [-0.3, -0.25) is 14.4 Å². The Morgan fingerprint density at radius 1 is 0.263 bits per heavy atom. The minimum atomic E-state index is -0.819. The summed E-state index contributed by atoms with van der Waals surface area (Å²) in [6.45, 7) is 6.36. The predicted molar refractivity (Wildman–Crippen MR) is 348 cm³/mol. The second-order valence-electron chi connectivity index (χ2n) is 21.3. The van der Waals surface area contributed by atoms with Crippen LogP contribution in [0.25, 0.3) is 0 Å². The summed E-state index contributed by atoms with van der Waals surface area (Å²) < 4.78 is 16.9. The second kappa shape index (κ2) is 66.8. The van der Waals surface area contributed by atoms with Crippen LogP contribution in [0.5, 0.6) is 0 Å². The van der Waals surface area contributed by atoms with E-state index >= 15 is 0 Å². The Labute approximate surface area is 493 Å². The van der Waals surface area contributed by atoms with Gasteiger partial charge in [-0.25, -0.2) is 0 Å². The first kappa shape index (κ1) is 75.3. The molecule has 0 aliphatic carbocycles. The SMILES string of the molecule is CC/C=C\C/C=C\C/C=C\C/C=C\C/C=C\C/C=C\C/C=C\C/C=C\CCCCC(=O)OCC(COC(=O)CCCC/C=C\C/C=C\C/C=C\C/C=C\CC)OC(=O)CCCCCCCCCCCCCCCCCCCCCC. The third-order valence-corrected chi connectivity index (χ3v) is 13.6. The van der Waals surface area contributed by atoms with Crippen LogP contribution in [-0.2, 0) is 28.6 Å². The normalized spacial score (nSPS) is 13.1. The molecule has 0 spiro atoms. The van der Waals surface area contributed by atoms with Crippen molar-refractivity contribution in [2.24, 2.45) is 0 Å². The number of hydrogen-bond donors (Lipinski definition) is 0. The van der Waals surface area contributed by atoms with E-state index < -0.39 is 6.10 Å². The molecular formula is C74H120O6. The molecule has 0 fully saturated rings. The molecule has 0 aromatic heterocycles. The zero-order valence-corrected chi connectivity index (χ0v) is 51.8. The minimum Gasteiger partial charge on any atom is -0.462 e. The maximum absolute atomic E-state index is 12.9. The van der Waals surface area contributed by atoms with E-state index in [2.05, 4.69) is 167 Å². The number of allylic oxidation sites excluding steroid dienone is 24. The fourth-order valence-electron chi connectivity index (χ4n) is 8.74. The van der Waals surface area contributed by atoms with Crippen molar-refractivity contribution in [3.8, 4) is 0 Å². The van der Waals surface area contributed by atoms with E-state index in [-0.39, 0.29) is 31.1 Å². The summed E-state index contributed by atoms with van der Waals surface area (Å²) in [4.78, 5) is 38.3. The van der Waals surface area contributed by atoms with Gasteiger partial charge in [0, 0.05) is 19.3 Å². The van der Waals surface area contributed by atoms with E-state index in [9.17, 15) is 14.4 Å². The van der Waals surface area contributed by atoms with Crippen molar-refractivity contribution in [1.82, 2.24) is 0 Å². The van der Waals surface area contributed by atoms with Crippen molar-refractivity contribution in [3.05, 3.63) is 146 Å².